The Morgan fingerprint density at radius 2 is 1.73 bits per heavy atom. The lowest BCUT2D eigenvalue weighted by molar-refractivity contribution is -0.924. The maximum atomic E-state index is 13.4. The second kappa shape index (κ2) is 7.77. The summed E-state index contributed by atoms with van der Waals surface area (Å²) in [5.74, 6) is 1.06. The highest BCUT2D eigenvalue weighted by atomic mass is 16.1. The van der Waals surface area contributed by atoms with Crippen LogP contribution in [0.25, 0.3) is 11.1 Å². The van der Waals surface area contributed by atoms with E-state index in [0.29, 0.717) is 11.8 Å². The Labute approximate surface area is 178 Å². The highest BCUT2D eigenvalue weighted by Gasteiger charge is 2.37. The molecule has 3 heterocycles. The Balaban J connectivity index is 1.41. The van der Waals surface area contributed by atoms with Crippen LogP contribution in [0.5, 0.6) is 0 Å². The lowest BCUT2D eigenvalue weighted by Crippen LogP contribution is -3.13. The largest absolute Gasteiger partial charge is 0.378 e. The number of hydrogen-bond acceptors (Lipinski definition) is 2. The van der Waals surface area contributed by atoms with Crippen LogP contribution in [0.15, 0.2) is 71.5 Å². The summed E-state index contributed by atoms with van der Waals surface area (Å²) in [6.45, 7) is 4.20. The van der Waals surface area contributed by atoms with E-state index in [2.05, 4.69) is 70.1 Å². The van der Waals surface area contributed by atoms with Crippen molar-refractivity contribution in [3.8, 4) is 11.1 Å². The molecule has 2 bridgehead atoms. The number of hydrogen-bond donors (Lipinski definition) is 1. The van der Waals surface area contributed by atoms with Gasteiger partial charge in [0.15, 0.2) is 0 Å². The van der Waals surface area contributed by atoms with Crippen LogP contribution in [0, 0.1) is 5.92 Å². The fraction of sp³-hybridized carbons (Fsp3) is 0.346. The van der Waals surface area contributed by atoms with Crippen LogP contribution >= 0.6 is 0 Å². The smallest absolute Gasteiger partial charge is 0.258 e. The molecule has 2 aromatic carbocycles. The van der Waals surface area contributed by atoms with Crippen molar-refractivity contribution in [2.75, 3.05) is 32.1 Å². The maximum absolute atomic E-state index is 13.4. The Morgan fingerprint density at radius 1 is 0.967 bits per heavy atom. The predicted molar refractivity (Wildman–Crippen MR) is 122 cm³/mol. The first-order chi connectivity index (χ1) is 14.6. The van der Waals surface area contributed by atoms with Crippen LogP contribution in [0.1, 0.15) is 23.6 Å². The van der Waals surface area contributed by atoms with E-state index in [0.717, 1.165) is 43.0 Å². The van der Waals surface area contributed by atoms with Gasteiger partial charge < -0.3 is 14.4 Å². The molecule has 3 atom stereocenters. The minimum absolute atomic E-state index is 0.173. The van der Waals surface area contributed by atoms with E-state index in [1.807, 2.05) is 20.2 Å². The van der Waals surface area contributed by atoms with Crippen molar-refractivity contribution >= 4 is 5.69 Å². The van der Waals surface area contributed by atoms with Gasteiger partial charge in [0.25, 0.3) is 5.56 Å². The summed E-state index contributed by atoms with van der Waals surface area (Å²) in [6.07, 6.45) is 1.22. The van der Waals surface area contributed by atoms with Crippen LogP contribution in [-0.4, -0.2) is 31.8 Å². The van der Waals surface area contributed by atoms with Crippen LogP contribution in [0.3, 0.4) is 0 Å². The normalized spacial score (nSPS) is 22.4. The van der Waals surface area contributed by atoms with E-state index in [1.54, 1.807) is 4.90 Å². The molecule has 3 aromatic rings. The number of benzene rings is 2. The summed E-state index contributed by atoms with van der Waals surface area (Å²) < 4.78 is 2.08. The SMILES string of the molecule is CN(C)c1ccc(-c2ccc3n(c2=O)C[C@H]2C[C@@H]3C[NH+](Cc3ccccc3)C2)cc1. The second-order valence-corrected chi connectivity index (χ2v) is 9.15. The number of fused-ring (bicyclic) bond motifs is 4. The fourth-order valence-corrected chi connectivity index (χ4v) is 5.36. The molecule has 0 aliphatic carbocycles. The van der Waals surface area contributed by atoms with E-state index in [4.69, 9.17) is 0 Å². The highest BCUT2D eigenvalue weighted by molar-refractivity contribution is 5.65. The number of piperidine rings is 1. The van der Waals surface area contributed by atoms with Gasteiger partial charge in [-0.25, -0.2) is 0 Å². The van der Waals surface area contributed by atoms with E-state index >= 15 is 0 Å². The molecule has 1 N–H and O–H groups in total. The summed E-state index contributed by atoms with van der Waals surface area (Å²) in [7, 11) is 4.06. The lowest BCUT2D eigenvalue weighted by atomic mass is 9.82. The zero-order valence-corrected chi connectivity index (χ0v) is 17.8. The molecule has 30 heavy (non-hydrogen) atoms. The highest BCUT2D eigenvalue weighted by Crippen LogP contribution is 2.32. The summed E-state index contributed by atoms with van der Waals surface area (Å²) in [6, 6.07) is 23.3. The maximum Gasteiger partial charge on any atom is 0.258 e. The second-order valence-electron chi connectivity index (χ2n) is 9.15. The standard InChI is InChI=1S/C26H29N3O/c1-27(2)23-10-8-21(9-11-23)24-12-13-25-22-14-20(17-29(25)26(24)30)16-28(18-22)15-19-6-4-3-5-7-19/h3-13,20,22H,14-18H2,1-2H3/p+1/t20-,22+/m0/s1. The van der Waals surface area contributed by atoms with Gasteiger partial charge in [0, 0.05) is 55.0 Å². The lowest BCUT2D eigenvalue weighted by Gasteiger charge is -2.40. The Hall–Kier alpha value is -2.85. The molecule has 0 saturated carbocycles. The van der Waals surface area contributed by atoms with Gasteiger partial charge in [-0.2, -0.15) is 0 Å². The Morgan fingerprint density at radius 3 is 2.47 bits per heavy atom. The van der Waals surface area contributed by atoms with Crippen LogP contribution < -0.4 is 15.4 Å². The van der Waals surface area contributed by atoms with Gasteiger partial charge in [-0.3, -0.25) is 4.79 Å². The molecule has 1 saturated heterocycles. The topological polar surface area (TPSA) is 29.7 Å². The molecule has 0 amide bonds. The van der Waals surface area contributed by atoms with Gasteiger partial charge >= 0.3 is 0 Å². The molecule has 1 aromatic heterocycles. The van der Waals surface area contributed by atoms with E-state index in [9.17, 15) is 4.79 Å². The molecule has 154 valence electrons. The number of likely N-dealkylation sites (tertiary alicyclic amines) is 1. The number of pyridine rings is 1. The monoisotopic (exact) mass is 400 g/mol. The van der Waals surface area contributed by atoms with Crippen molar-refractivity contribution in [2.24, 2.45) is 5.92 Å². The molecule has 1 unspecified atom stereocenters. The molecule has 4 nitrogen and oxygen atoms in total. The Bertz CT molecular complexity index is 1090. The first-order valence-electron chi connectivity index (χ1n) is 11.0. The average molecular weight is 401 g/mol. The first kappa shape index (κ1) is 19.1. The van der Waals surface area contributed by atoms with Gasteiger partial charge in [0.05, 0.1) is 13.1 Å². The Kier molecular flexibility index (Phi) is 4.95. The molecule has 0 spiro atoms. The summed E-state index contributed by atoms with van der Waals surface area (Å²) in [4.78, 5) is 17.1. The summed E-state index contributed by atoms with van der Waals surface area (Å²) >= 11 is 0. The molecule has 1 fully saturated rings. The first-order valence-corrected chi connectivity index (χ1v) is 11.0. The van der Waals surface area contributed by atoms with Crippen molar-refractivity contribution in [3.05, 3.63) is 88.3 Å². The molecular formula is C26H30N3O+. The van der Waals surface area contributed by atoms with Gasteiger partial charge in [0.2, 0.25) is 0 Å². The predicted octanol–water partition coefficient (Wildman–Crippen LogP) is 2.78. The third kappa shape index (κ3) is 3.56. The van der Waals surface area contributed by atoms with Gasteiger partial charge in [-0.1, -0.05) is 42.5 Å². The zero-order chi connectivity index (χ0) is 20.7. The van der Waals surface area contributed by atoms with Gasteiger partial charge in [0.1, 0.15) is 6.54 Å². The third-order valence-electron chi connectivity index (χ3n) is 6.79. The van der Waals surface area contributed by atoms with Crippen molar-refractivity contribution in [3.63, 3.8) is 0 Å². The number of aromatic nitrogens is 1. The number of quaternary nitrogens is 1. The quantitative estimate of drug-likeness (QED) is 0.730. The fourth-order valence-electron chi connectivity index (χ4n) is 5.36. The van der Waals surface area contributed by atoms with E-state index < -0.39 is 0 Å². The minimum atomic E-state index is 0.173. The van der Waals surface area contributed by atoms with E-state index in [1.165, 1.54) is 17.7 Å². The van der Waals surface area contributed by atoms with Gasteiger partial charge in [-0.15, -0.1) is 0 Å². The number of nitrogens with zero attached hydrogens (tertiary/aromatic N) is 2. The van der Waals surface area contributed by atoms with Crippen molar-refractivity contribution in [1.29, 1.82) is 0 Å². The van der Waals surface area contributed by atoms with Crippen molar-refractivity contribution in [1.82, 2.24) is 4.57 Å². The van der Waals surface area contributed by atoms with Crippen molar-refractivity contribution in [2.45, 2.75) is 25.4 Å². The van der Waals surface area contributed by atoms with Crippen LogP contribution in [0.2, 0.25) is 0 Å². The van der Waals surface area contributed by atoms with E-state index in [-0.39, 0.29) is 5.56 Å². The molecular weight excluding hydrogens is 370 g/mol. The van der Waals surface area contributed by atoms with Crippen molar-refractivity contribution < 1.29 is 4.90 Å². The summed E-state index contributed by atoms with van der Waals surface area (Å²) in [5.41, 5.74) is 5.78. The minimum Gasteiger partial charge on any atom is -0.378 e. The molecule has 2 aliphatic rings. The number of rotatable bonds is 4. The zero-order valence-electron chi connectivity index (χ0n) is 17.8. The summed E-state index contributed by atoms with van der Waals surface area (Å²) in [5, 5.41) is 0. The van der Waals surface area contributed by atoms with Crippen LogP contribution in [0.4, 0.5) is 5.69 Å². The molecule has 5 rings (SSSR count). The molecule has 0 radical (unpaired) electrons. The third-order valence-corrected chi connectivity index (χ3v) is 6.79. The average Bonchev–Trinajstić information content (AvgIpc) is 2.75. The number of anilines is 1. The molecule has 2 aliphatic heterocycles. The van der Waals surface area contributed by atoms with Crippen LogP contribution in [-0.2, 0) is 13.1 Å². The number of nitrogens with one attached hydrogen (secondary N) is 1. The molecule has 4 heteroatoms. The van der Waals surface area contributed by atoms with Gasteiger partial charge in [-0.05, 0) is 36.2 Å².